The highest BCUT2D eigenvalue weighted by molar-refractivity contribution is 5.92. The van der Waals surface area contributed by atoms with Gasteiger partial charge in [0.05, 0.1) is 18.3 Å². The second kappa shape index (κ2) is 6.14. The SMILES string of the molecule is CC(C)(CO)n1cc(-c2cc(F)cc3c2-c2ccccc2[C@]3(O)C(F)(F)F)cn1. The third-order valence-corrected chi connectivity index (χ3v) is 5.39. The van der Waals surface area contributed by atoms with Gasteiger partial charge in [-0.2, -0.15) is 18.3 Å². The van der Waals surface area contributed by atoms with Gasteiger partial charge in [-0.05, 0) is 42.7 Å². The fourth-order valence-corrected chi connectivity index (χ4v) is 3.74. The van der Waals surface area contributed by atoms with Gasteiger partial charge < -0.3 is 10.2 Å². The summed E-state index contributed by atoms with van der Waals surface area (Å²) in [5, 5.41) is 24.5. The molecule has 4 rings (SSSR count). The summed E-state index contributed by atoms with van der Waals surface area (Å²) in [5.41, 5.74) is -4.08. The maximum atomic E-state index is 14.4. The number of nitrogens with zero attached hydrogens (tertiary/aromatic N) is 2. The largest absolute Gasteiger partial charge is 0.425 e. The molecule has 0 fully saturated rings. The third kappa shape index (κ3) is 2.70. The Labute approximate surface area is 164 Å². The fraction of sp³-hybridized carbons (Fsp3) is 0.286. The zero-order chi connectivity index (χ0) is 21.2. The van der Waals surface area contributed by atoms with Crippen LogP contribution in [0.15, 0.2) is 48.8 Å². The van der Waals surface area contributed by atoms with Crippen LogP contribution in [-0.2, 0) is 11.1 Å². The molecule has 1 aliphatic carbocycles. The smallest absolute Gasteiger partial charge is 0.394 e. The normalized spacial score (nSPS) is 18.6. The molecule has 1 heterocycles. The first kappa shape index (κ1) is 19.6. The number of benzene rings is 2. The van der Waals surface area contributed by atoms with Crippen molar-refractivity contribution in [1.82, 2.24) is 9.78 Å². The number of aliphatic hydroxyl groups excluding tert-OH is 1. The molecular weight excluding hydrogens is 388 g/mol. The second-order valence-corrected chi connectivity index (χ2v) is 7.77. The van der Waals surface area contributed by atoms with Crippen LogP contribution in [0.3, 0.4) is 0 Å². The van der Waals surface area contributed by atoms with E-state index in [2.05, 4.69) is 5.10 Å². The van der Waals surface area contributed by atoms with Crippen LogP contribution in [-0.4, -0.2) is 32.8 Å². The highest BCUT2D eigenvalue weighted by Gasteiger charge is 2.61. The quantitative estimate of drug-likeness (QED) is 0.641. The van der Waals surface area contributed by atoms with Crippen molar-refractivity contribution in [2.75, 3.05) is 6.61 Å². The van der Waals surface area contributed by atoms with Crippen molar-refractivity contribution >= 4 is 0 Å². The maximum Gasteiger partial charge on any atom is 0.425 e. The molecule has 0 aliphatic heterocycles. The summed E-state index contributed by atoms with van der Waals surface area (Å²) in [6, 6.07) is 7.50. The van der Waals surface area contributed by atoms with Crippen LogP contribution in [0.1, 0.15) is 25.0 Å². The van der Waals surface area contributed by atoms with Crippen LogP contribution < -0.4 is 0 Å². The minimum Gasteiger partial charge on any atom is -0.394 e. The van der Waals surface area contributed by atoms with Gasteiger partial charge in [0.25, 0.3) is 0 Å². The van der Waals surface area contributed by atoms with Gasteiger partial charge in [0.1, 0.15) is 5.82 Å². The van der Waals surface area contributed by atoms with Gasteiger partial charge in [0.2, 0.25) is 5.60 Å². The lowest BCUT2D eigenvalue weighted by molar-refractivity contribution is -0.246. The van der Waals surface area contributed by atoms with Crippen LogP contribution in [0.4, 0.5) is 17.6 Å². The molecule has 0 unspecified atom stereocenters. The summed E-state index contributed by atoms with van der Waals surface area (Å²) >= 11 is 0. The fourth-order valence-electron chi connectivity index (χ4n) is 3.74. The van der Waals surface area contributed by atoms with Gasteiger partial charge in [-0.1, -0.05) is 24.3 Å². The zero-order valence-electron chi connectivity index (χ0n) is 15.6. The van der Waals surface area contributed by atoms with E-state index in [1.165, 1.54) is 29.1 Å². The molecule has 1 aromatic heterocycles. The van der Waals surface area contributed by atoms with Crippen molar-refractivity contribution in [3.63, 3.8) is 0 Å². The molecule has 0 radical (unpaired) electrons. The summed E-state index contributed by atoms with van der Waals surface area (Å²) in [7, 11) is 0. The lowest BCUT2D eigenvalue weighted by atomic mass is 9.89. The molecule has 0 bridgehead atoms. The Morgan fingerprint density at radius 3 is 2.41 bits per heavy atom. The Balaban J connectivity index is 2.03. The molecule has 0 saturated carbocycles. The van der Waals surface area contributed by atoms with Crippen LogP contribution >= 0.6 is 0 Å². The van der Waals surface area contributed by atoms with Crippen molar-refractivity contribution < 1.29 is 27.8 Å². The molecule has 29 heavy (non-hydrogen) atoms. The van der Waals surface area contributed by atoms with Gasteiger partial charge in [0.15, 0.2) is 0 Å². The molecule has 1 atom stereocenters. The Hall–Kier alpha value is -2.71. The molecule has 4 nitrogen and oxygen atoms in total. The van der Waals surface area contributed by atoms with Crippen molar-refractivity contribution in [2.45, 2.75) is 31.2 Å². The number of aromatic nitrogens is 2. The van der Waals surface area contributed by atoms with E-state index < -0.39 is 28.7 Å². The number of halogens is 4. The van der Waals surface area contributed by atoms with Crippen molar-refractivity contribution in [2.24, 2.45) is 0 Å². The first-order valence-corrected chi connectivity index (χ1v) is 8.90. The highest BCUT2D eigenvalue weighted by atomic mass is 19.4. The predicted molar refractivity (Wildman–Crippen MR) is 98.5 cm³/mol. The second-order valence-electron chi connectivity index (χ2n) is 7.77. The minimum absolute atomic E-state index is 0.114. The molecule has 0 amide bonds. The summed E-state index contributed by atoms with van der Waals surface area (Å²) < 4.78 is 57.8. The standard InChI is InChI=1S/C21H18F4N2O2/c1-19(2,11-28)27-10-12(9-26-27)15-7-13(22)8-17-18(15)14-5-3-4-6-16(14)20(17,29)21(23,24)25/h3-10,28-29H,11H2,1-2H3/t20-/m1/s1. The zero-order valence-corrected chi connectivity index (χ0v) is 15.6. The van der Waals surface area contributed by atoms with Crippen LogP contribution in [0.5, 0.6) is 0 Å². The average molecular weight is 406 g/mol. The lowest BCUT2D eigenvalue weighted by Crippen LogP contribution is -2.41. The van der Waals surface area contributed by atoms with Crippen LogP contribution in [0, 0.1) is 5.82 Å². The van der Waals surface area contributed by atoms with Gasteiger partial charge in [-0.25, -0.2) is 4.39 Å². The van der Waals surface area contributed by atoms with Crippen molar-refractivity contribution in [3.05, 3.63) is 65.7 Å². The van der Waals surface area contributed by atoms with E-state index in [1.807, 2.05) is 0 Å². The lowest BCUT2D eigenvalue weighted by Gasteiger charge is -2.28. The molecule has 2 N–H and O–H groups in total. The number of hydrogen-bond acceptors (Lipinski definition) is 3. The third-order valence-electron chi connectivity index (χ3n) is 5.39. The van der Waals surface area contributed by atoms with E-state index >= 15 is 0 Å². The number of alkyl halides is 3. The summed E-state index contributed by atoms with van der Waals surface area (Å²) in [6.07, 6.45) is -2.10. The van der Waals surface area contributed by atoms with Gasteiger partial charge in [0, 0.05) is 22.9 Å². The Kier molecular flexibility index (Phi) is 4.15. The molecule has 2 aromatic carbocycles. The average Bonchev–Trinajstić information content (AvgIpc) is 3.25. The van der Waals surface area contributed by atoms with Gasteiger partial charge in [-0.15, -0.1) is 0 Å². The summed E-state index contributed by atoms with van der Waals surface area (Å²) in [5.74, 6) is -0.900. The first-order chi connectivity index (χ1) is 13.5. The maximum absolute atomic E-state index is 14.4. The first-order valence-electron chi connectivity index (χ1n) is 8.90. The molecule has 1 aliphatic rings. The summed E-state index contributed by atoms with van der Waals surface area (Å²) in [4.78, 5) is 0. The van der Waals surface area contributed by atoms with E-state index in [0.29, 0.717) is 5.56 Å². The Bertz CT molecular complexity index is 1100. The highest BCUT2D eigenvalue weighted by Crippen LogP contribution is 2.57. The molecule has 0 spiro atoms. The van der Waals surface area contributed by atoms with Crippen molar-refractivity contribution in [3.8, 4) is 22.3 Å². The number of fused-ring (bicyclic) bond motifs is 3. The van der Waals surface area contributed by atoms with Crippen LogP contribution in [0.2, 0.25) is 0 Å². The van der Waals surface area contributed by atoms with E-state index in [4.69, 9.17) is 0 Å². The Morgan fingerprint density at radius 2 is 1.76 bits per heavy atom. The molecule has 3 aromatic rings. The van der Waals surface area contributed by atoms with E-state index in [1.54, 1.807) is 26.1 Å². The van der Waals surface area contributed by atoms with Crippen molar-refractivity contribution in [1.29, 1.82) is 0 Å². The van der Waals surface area contributed by atoms with Crippen LogP contribution in [0.25, 0.3) is 22.3 Å². The van der Waals surface area contributed by atoms with E-state index in [-0.39, 0.29) is 28.9 Å². The molecule has 152 valence electrons. The van der Waals surface area contributed by atoms with Gasteiger partial charge >= 0.3 is 6.18 Å². The van der Waals surface area contributed by atoms with E-state index in [0.717, 1.165) is 12.1 Å². The topological polar surface area (TPSA) is 58.3 Å². The van der Waals surface area contributed by atoms with Gasteiger partial charge in [-0.3, -0.25) is 4.68 Å². The number of hydrogen-bond donors (Lipinski definition) is 2. The molecular formula is C21H18F4N2O2. The van der Waals surface area contributed by atoms with E-state index in [9.17, 15) is 27.8 Å². The summed E-state index contributed by atoms with van der Waals surface area (Å²) in [6.45, 7) is 3.25. The molecule has 8 heteroatoms. The number of aliphatic hydroxyl groups is 2. The number of rotatable bonds is 3. The predicted octanol–water partition coefficient (Wildman–Crippen LogP) is 4.20. The molecule has 0 saturated heterocycles. The minimum atomic E-state index is -5.04. The Morgan fingerprint density at radius 1 is 1.07 bits per heavy atom. The monoisotopic (exact) mass is 406 g/mol.